The lowest BCUT2D eigenvalue weighted by molar-refractivity contribution is 0.204. The summed E-state index contributed by atoms with van der Waals surface area (Å²) in [4.78, 5) is 11.1. The maximum Gasteiger partial charge on any atom is 0.336 e. The average Bonchev–Trinajstić information content (AvgIpc) is 2.38. The first-order valence-electron chi connectivity index (χ1n) is 5.55. The van der Waals surface area contributed by atoms with Crippen molar-refractivity contribution in [3.8, 4) is 0 Å². The van der Waals surface area contributed by atoms with E-state index in [9.17, 15) is 13.2 Å². The molecule has 0 saturated heterocycles. The van der Waals surface area contributed by atoms with Crippen LogP contribution in [0, 0.1) is 0 Å². The number of rotatable bonds is 5. The van der Waals surface area contributed by atoms with E-state index in [2.05, 4.69) is 4.72 Å². The number of benzene rings is 1. The normalized spacial score (nSPS) is 11.8. The minimum atomic E-state index is -3.58. The summed E-state index contributed by atoms with van der Waals surface area (Å²) in [6, 6.07) is 7.07. The van der Waals surface area contributed by atoms with Crippen LogP contribution in [0.5, 0.6) is 0 Å². The summed E-state index contributed by atoms with van der Waals surface area (Å²) >= 11 is 0. The van der Waals surface area contributed by atoms with Crippen LogP contribution in [0.15, 0.2) is 44.4 Å². The summed E-state index contributed by atoms with van der Waals surface area (Å²) in [5.41, 5.74) is -0.121. The van der Waals surface area contributed by atoms with Gasteiger partial charge in [0.1, 0.15) is 5.58 Å². The van der Waals surface area contributed by atoms with Gasteiger partial charge in [-0.1, -0.05) is 0 Å². The van der Waals surface area contributed by atoms with E-state index in [1.165, 1.54) is 37.4 Å². The van der Waals surface area contributed by atoms with Gasteiger partial charge in [0.15, 0.2) is 0 Å². The van der Waals surface area contributed by atoms with Gasteiger partial charge in [-0.25, -0.2) is 17.9 Å². The van der Waals surface area contributed by atoms with Crippen molar-refractivity contribution in [2.45, 2.75) is 4.90 Å². The summed E-state index contributed by atoms with van der Waals surface area (Å²) in [6.45, 7) is 0.489. The lowest BCUT2D eigenvalue weighted by atomic mass is 10.2. The zero-order valence-corrected chi connectivity index (χ0v) is 11.1. The van der Waals surface area contributed by atoms with Crippen LogP contribution in [0.3, 0.4) is 0 Å². The van der Waals surface area contributed by atoms with Crippen molar-refractivity contribution in [2.24, 2.45) is 0 Å². The standard InChI is InChI=1S/C12H13NO5S/c1-17-7-6-13-19(15,16)10-3-4-11-9(8-10)2-5-12(14)18-11/h2-5,8,13H,6-7H2,1H3. The van der Waals surface area contributed by atoms with E-state index in [-0.39, 0.29) is 11.4 Å². The molecular formula is C12H13NO5S. The number of ether oxygens (including phenoxy) is 1. The number of hydrogen-bond acceptors (Lipinski definition) is 5. The Morgan fingerprint density at radius 1 is 1.26 bits per heavy atom. The Labute approximate surface area is 110 Å². The molecule has 0 saturated carbocycles. The summed E-state index contributed by atoms with van der Waals surface area (Å²) in [5, 5.41) is 0.550. The first kappa shape index (κ1) is 13.7. The molecule has 0 unspecified atom stereocenters. The first-order chi connectivity index (χ1) is 9.03. The summed E-state index contributed by atoms with van der Waals surface area (Å²) in [6.07, 6.45) is 0. The highest BCUT2D eigenvalue weighted by Gasteiger charge is 2.14. The molecule has 6 nitrogen and oxygen atoms in total. The van der Waals surface area contributed by atoms with Crippen LogP contribution in [-0.4, -0.2) is 28.7 Å². The van der Waals surface area contributed by atoms with Crippen LogP contribution in [0.1, 0.15) is 0 Å². The lowest BCUT2D eigenvalue weighted by Crippen LogP contribution is -2.27. The van der Waals surface area contributed by atoms with Gasteiger partial charge in [0.2, 0.25) is 10.0 Å². The smallest absolute Gasteiger partial charge is 0.336 e. The highest BCUT2D eigenvalue weighted by atomic mass is 32.2. The minimum absolute atomic E-state index is 0.116. The number of sulfonamides is 1. The molecule has 0 fully saturated rings. The molecule has 102 valence electrons. The highest BCUT2D eigenvalue weighted by molar-refractivity contribution is 7.89. The van der Waals surface area contributed by atoms with Crippen molar-refractivity contribution in [1.82, 2.24) is 4.72 Å². The molecule has 1 N–H and O–H groups in total. The van der Waals surface area contributed by atoms with Crippen LogP contribution in [-0.2, 0) is 14.8 Å². The van der Waals surface area contributed by atoms with Crippen LogP contribution in [0.25, 0.3) is 11.0 Å². The molecule has 1 aromatic carbocycles. The van der Waals surface area contributed by atoms with Gasteiger partial charge in [-0.2, -0.15) is 0 Å². The van der Waals surface area contributed by atoms with Crippen LogP contribution >= 0.6 is 0 Å². The molecule has 1 heterocycles. The van der Waals surface area contributed by atoms with Crippen molar-refractivity contribution in [3.05, 3.63) is 40.8 Å². The Bertz CT molecular complexity index is 735. The average molecular weight is 283 g/mol. The van der Waals surface area contributed by atoms with Crippen molar-refractivity contribution in [1.29, 1.82) is 0 Å². The van der Waals surface area contributed by atoms with Gasteiger partial charge in [-0.05, 0) is 24.3 Å². The molecule has 0 aliphatic carbocycles. The van der Waals surface area contributed by atoms with Crippen LogP contribution < -0.4 is 10.3 Å². The van der Waals surface area contributed by atoms with Gasteiger partial charge in [-0.3, -0.25) is 0 Å². The Kier molecular flexibility index (Phi) is 3.98. The number of methoxy groups -OCH3 is 1. The summed E-state index contributed by atoms with van der Waals surface area (Å²) in [5.74, 6) is 0. The fraction of sp³-hybridized carbons (Fsp3) is 0.250. The van der Waals surface area contributed by atoms with Crippen molar-refractivity contribution in [2.75, 3.05) is 20.3 Å². The van der Waals surface area contributed by atoms with Crippen molar-refractivity contribution in [3.63, 3.8) is 0 Å². The molecule has 19 heavy (non-hydrogen) atoms. The van der Waals surface area contributed by atoms with E-state index >= 15 is 0 Å². The second-order valence-corrected chi connectivity index (χ2v) is 5.61. The van der Waals surface area contributed by atoms with Gasteiger partial charge in [0.25, 0.3) is 0 Å². The van der Waals surface area contributed by atoms with Gasteiger partial charge >= 0.3 is 5.63 Å². The molecule has 0 atom stereocenters. The summed E-state index contributed by atoms with van der Waals surface area (Å²) < 4.78 is 36.0. The third-order valence-corrected chi connectivity index (χ3v) is 3.96. The van der Waals surface area contributed by atoms with Gasteiger partial charge < -0.3 is 9.15 Å². The molecule has 0 aliphatic rings. The maximum absolute atomic E-state index is 12.0. The van der Waals surface area contributed by atoms with E-state index in [1.54, 1.807) is 0 Å². The lowest BCUT2D eigenvalue weighted by Gasteiger charge is -2.06. The fourth-order valence-corrected chi connectivity index (χ4v) is 2.63. The molecule has 2 aromatic rings. The fourth-order valence-electron chi connectivity index (χ4n) is 1.58. The molecule has 0 spiro atoms. The van der Waals surface area contributed by atoms with Crippen molar-refractivity contribution < 1.29 is 17.6 Å². The van der Waals surface area contributed by atoms with E-state index < -0.39 is 15.6 Å². The Hall–Kier alpha value is -1.70. The molecule has 0 amide bonds. The molecule has 0 bridgehead atoms. The van der Waals surface area contributed by atoms with Crippen LogP contribution in [0.4, 0.5) is 0 Å². The quantitative estimate of drug-likeness (QED) is 0.645. The third kappa shape index (κ3) is 3.19. The monoisotopic (exact) mass is 283 g/mol. The molecule has 2 rings (SSSR count). The predicted octanol–water partition coefficient (Wildman–Crippen LogP) is 0.718. The topological polar surface area (TPSA) is 85.6 Å². The Morgan fingerprint density at radius 2 is 2.05 bits per heavy atom. The van der Waals surface area contributed by atoms with E-state index in [0.29, 0.717) is 17.6 Å². The highest BCUT2D eigenvalue weighted by Crippen LogP contribution is 2.17. The van der Waals surface area contributed by atoms with Crippen LogP contribution in [0.2, 0.25) is 0 Å². The molecule has 7 heteroatoms. The maximum atomic E-state index is 12.0. The van der Waals surface area contributed by atoms with Crippen molar-refractivity contribution >= 4 is 21.0 Å². The predicted molar refractivity (Wildman–Crippen MR) is 69.5 cm³/mol. The van der Waals surface area contributed by atoms with E-state index in [1.807, 2.05) is 0 Å². The molecular weight excluding hydrogens is 270 g/mol. The molecule has 0 aliphatic heterocycles. The SMILES string of the molecule is COCCNS(=O)(=O)c1ccc2oc(=O)ccc2c1. The third-order valence-electron chi connectivity index (χ3n) is 2.50. The Morgan fingerprint density at radius 3 is 2.79 bits per heavy atom. The number of fused-ring (bicyclic) bond motifs is 1. The zero-order chi connectivity index (χ0) is 13.9. The van der Waals surface area contributed by atoms with Gasteiger partial charge in [-0.15, -0.1) is 0 Å². The molecule has 0 radical (unpaired) electrons. The van der Waals surface area contributed by atoms with E-state index in [4.69, 9.17) is 9.15 Å². The van der Waals surface area contributed by atoms with Gasteiger partial charge in [0.05, 0.1) is 11.5 Å². The number of nitrogens with one attached hydrogen (secondary N) is 1. The second-order valence-electron chi connectivity index (χ2n) is 3.84. The zero-order valence-electron chi connectivity index (χ0n) is 10.3. The Balaban J connectivity index is 2.35. The second kappa shape index (κ2) is 5.52. The number of hydrogen-bond donors (Lipinski definition) is 1. The summed E-state index contributed by atoms with van der Waals surface area (Å²) in [7, 11) is -2.09. The molecule has 1 aromatic heterocycles. The largest absolute Gasteiger partial charge is 0.423 e. The minimum Gasteiger partial charge on any atom is -0.423 e. The first-order valence-corrected chi connectivity index (χ1v) is 7.04. The van der Waals surface area contributed by atoms with Gasteiger partial charge in [0, 0.05) is 25.1 Å². The van der Waals surface area contributed by atoms with E-state index in [0.717, 1.165) is 0 Å².